The minimum Gasteiger partial charge on any atom is -0.480 e. The van der Waals surface area contributed by atoms with Crippen LogP contribution in [-0.2, 0) is 25.5 Å². The van der Waals surface area contributed by atoms with Crippen LogP contribution in [0.5, 0.6) is 0 Å². The van der Waals surface area contributed by atoms with Crippen molar-refractivity contribution in [2.24, 2.45) is 5.73 Å². The Morgan fingerprint density at radius 3 is 2.27 bits per heavy atom. The maximum absolute atomic E-state index is 14.0. The molecule has 0 bridgehead atoms. The van der Waals surface area contributed by atoms with Crippen molar-refractivity contribution in [3.8, 4) is 10.6 Å². The molecule has 3 N–H and O–H groups in total. The van der Waals surface area contributed by atoms with Crippen LogP contribution in [0.25, 0.3) is 10.6 Å². The molecule has 1 aromatic carbocycles. The summed E-state index contributed by atoms with van der Waals surface area (Å²) in [6.07, 6.45) is -4.32. The fraction of sp³-hybridized carbons (Fsp3) is 0.276. The highest BCUT2D eigenvalue weighted by atomic mass is 32.2. The van der Waals surface area contributed by atoms with Crippen LogP contribution >= 0.6 is 11.3 Å². The monoisotopic (exact) mass is 663 g/mol. The molecule has 4 aromatic rings. The number of aromatic nitrogens is 3. The fourth-order valence-electron chi connectivity index (χ4n) is 4.20. The summed E-state index contributed by atoms with van der Waals surface area (Å²) in [5, 5.41) is 8.60. The number of halogens is 3. The molecule has 2 unspecified atom stereocenters. The Hall–Kier alpha value is -4.41. The van der Waals surface area contributed by atoms with E-state index in [4.69, 9.17) is 10.5 Å². The van der Waals surface area contributed by atoms with Gasteiger partial charge in [0.2, 0.25) is 9.84 Å². The first kappa shape index (κ1) is 33.5. The standard InChI is InChI=1S/C29H28F3N5O6S2/c1-28(2,3)43-27(40)37(15-23(38)39)21-8-6-7-19(35-21)24(33)25(45(41,42)22-9-4-5-14-34-22)17-10-12-18(13-11-17)26-36-20(16-44-26)29(30,31)32/h4-14,16,24-25H,15,33H2,1-3H3,(H,38,39). The van der Waals surface area contributed by atoms with E-state index in [2.05, 4.69) is 15.0 Å². The van der Waals surface area contributed by atoms with Gasteiger partial charge in [0, 0.05) is 17.1 Å². The van der Waals surface area contributed by atoms with Gasteiger partial charge in [-0.15, -0.1) is 11.3 Å². The van der Waals surface area contributed by atoms with E-state index in [-0.39, 0.29) is 27.1 Å². The normalized spacial score (nSPS) is 13.6. The summed E-state index contributed by atoms with van der Waals surface area (Å²) in [5.41, 5.74) is 5.08. The molecule has 11 nitrogen and oxygen atoms in total. The highest BCUT2D eigenvalue weighted by Gasteiger charge is 2.38. The van der Waals surface area contributed by atoms with Crippen LogP contribution in [-0.4, -0.2) is 52.7 Å². The number of alkyl halides is 3. The number of carboxylic acid groups (broad SMARTS) is 1. The van der Waals surface area contributed by atoms with Gasteiger partial charge in [0.1, 0.15) is 28.2 Å². The summed E-state index contributed by atoms with van der Waals surface area (Å²) >= 11 is 0.785. The number of hydrogen-bond acceptors (Lipinski definition) is 10. The summed E-state index contributed by atoms with van der Waals surface area (Å²) < 4.78 is 72.5. The molecule has 0 fully saturated rings. The summed E-state index contributed by atoms with van der Waals surface area (Å²) in [7, 11) is -4.32. The van der Waals surface area contributed by atoms with Gasteiger partial charge in [-0.25, -0.2) is 28.2 Å². The number of pyridine rings is 2. The average Bonchev–Trinajstić information content (AvgIpc) is 3.47. The molecule has 2 atom stereocenters. The number of benzene rings is 1. The Morgan fingerprint density at radius 1 is 1.02 bits per heavy atom. The second kappa shape index (κ2) is 12.9. The van der Waals surface area contributed by atoms with E-state index in [1.165, 1.54) is 66.9 Å². The van der Waals surface area contributed by atoms with Gasteiger partial charge in [0.15, 0.2) is 10.7 Å². The number of ether oxygens (including phenoxy) is 1. The molecule has 45 heavy (non-hydrogen) atoms. The first-order valence-corrected chi connectivity index (χ1v) is 15.6. The average molecular weight is 664 g/mol. The second-order valence-electron chi connectivity index (χ2n) is 10.7. The molecule has 238 valence electrons. The quantitative estimate of drug-likeness (QED) is 0.228. The molecular formula is C29H28F3N5O6S2. The number of rotatable bonds is 9. The van der Waals surface area contributed by atoms with E-state index in [1.807, 2.05) is 0 Å². The minimum atomic E-state index is -4.62. The Balaban J connectivity index is 1.77. The molecule has 3 heterocycles. The molecule has 0 saturated carbocycles. The summed E-state index contributed by atoms with van der Waals surface area (Å²) in [4.78, 5) is 37.2. The first-order chi connectivity index (χ1) is 21.0. The second-order valence-corrected chi connectivity index (χ2v) is 13.6. The van der Waals surface area contributed by atoms with Gasteiger partial charge >= 0.3 is 18.2 Å². The number of amides is 1. The van der Waals surface area contributed by atoms with Crippen molar-refractivity contribution in [3.05, 3.63) is 89.2 Å². The third-order valence-corrected chi connectivity index (χ3v) is 9.10. The van der Waals surface area contributed by atoms with Gasteiger partial charge in [0.05, 0.1) is 11.7 Å². The molecule has 1 amide bonds. The molecule has 3 aromatic heterocycles. The Bertz CT molecular complexity index is 1780. The third kappa shape index (κ3) is 8.01. The zero-order chi connectivity index (χ0) is 33.2. The highest BCUT2D eigenvalue weighted by Crippen LogP contribution is 2.39. The summed E-state index contributed by atoms with van der Waals surface area (Å²) in [5.74, 6) is -1.50. The highest BCUT2D eigenvalue weighted by molar-refractivity contribution is 7.91. The number of anilines is 1. The molecule has 0 spiro atoms. The van der Waals surface area contributed by atoms with Crippen LogP contribution in [0.2, 0.25) is 0 Å². The molecule has 4 rings (SSSR count). The number of sulfone groups is 1. The van der Waals surface area contributed by atoms with Gasteiger partial charge in [-0.1, -0.05) is 36.4 Å². The summed E-state index contributed by atoms with van der Waals surface area (Å²) in [6.45, 7) is 4.01. The van der Waals surface area contributed by atoms with Crippen LogP contribution in [0.15, 0.2) is 77.3 Å². The number of carbonyl (C=O) groups excluding carboxylic acids is 1. The predicted molar refractivity (Wildman–Crippen MR) is 159 cm³/mol. The van der Waals surface area contributed by atoms with Crippen molar-refractivity contribution in [2.45, 2.75) is 48.9 Å². The maximum Gasteiger partial charge on any atom is 0.434 e. The number of nitrogens with zero attached hydrogens (tertiary/aromatic N) is 4. The zero-order valence-electron chi connectivity index (χ0n) is 24.1. The lowest BCUT2D eigenvalue weighted by molar-refractivity contribution is -0.140. The lowest BCUT2D eigenvalue weighted by atomic mass is 10.0. The van der Waals surface area contributed by atoms with E-state index in [0.29, 0.717) is 5.56 Å². The van der Waals surface area contributed by atoms with Crippen molar-refractivity contribution in [3.63, 3.8) is 0 Å². The molecule has 0 radical (unpaired) electrons. The Kier molecular flexibility index (Phi) is 9.60. The Labute approximate surface area is 260 Å². The summed E-state index contributed by atoms with van der Waals surface area (Å²) in [6, 6.07) is 12.8. The van der Waals surface area contributed by atoms with E-state index >= 15 is 0 Å². The number of carbonyl (C=O) groups is 2. The number of nitrogens with two attached hydrogens (primary N) is 1. The van der Waals surface area contributed by atoms with Crippen molar-refractivity contribution in [1.29, 1.82) is 0 Å². The smallest absolute Gasteiger partial charge is 0.434 e. The lowest BCUT2D eigenvalue weighted by Gasteiger charge is -2.27. The van der Waals surface area contributed by atoms with E-state index in [9.17, 15) is 36.3 Å². The van der Waals surface area contributed by atoms with Crippen molar-refractivity contribution in [2.75, 3.05) is 11.4 Å². The number of thiazole rings is 1. The van der Waals surface area contributed by atoms with Crippen LogP contribution in [0.1, 0.15) is 49.0 Å². The molecular weight excluding hydrogens is 635 g/mol. The molecule has 0 aliphatic heterocycles. The van der Waals surface area contributed by atoms with Gasteiger partial charge < -0.3 is 15.6 Å². The van der Waals surface area contributed by atoms with Gasteiger partial charge in [-0.3, -0.25) is 9.69 Å². The predicted octanol–water partition coefficient (Wildman–Crippen LogP) is 5.66. The lowest BCUT2D eigenvalue weighted by Crippen LogP contribution is -2.40. The van der Waals surface area contributed by atoms with E-state index in [0.717, 1.165) is 21.6 Å². The van der Waals surface area contributed by atoms with Gasteiger partial charge in [0.25, 0.3) is 0 Å². The van der Waals surface area contributed by atoms with Crippen LogP contribution in [0, 0.1) is 0 Å². The maximum atomic E-state index is 14.0. The Morgan fingerprint density at radius 2 is 1.71 bits per heavy atom. The van der Waals surface area contributed by atoms with Gasteiger partial charge in [-0.2, -0.15) is 13.2 Å². The number of carboxylic acids is 1. The third-order valence-electron chi connectivity index (χ3n) is 6.15. The van der Waals surface area contributed by atoms with E-state index < -0.39 is 57.2 Å². The topological polar surface area (TPSA) is 166 Å². The first-order valence-electron chi connectivity index (χ1n) is 13.2. The number of hydrogen-bond donors (Lipinski definition) is 2. The zero-order valence-corrected chi connectivity index (χ0v) is 25.7. The van der Waals surface area contributed by atoms with Crippen molar-refractivity contribution < 1.29 is 41.0 Å². The van der Waals surface area contributed by atoms with Crippen LogP contribution in [0.3, 0.4) is 0 Å². The van der Waals surface area contributed by atoms with Crippen molar-refractivity contribution >= 4 is 39.1 Å². The van der Waals surface area contributed by atoms with Crippen LogP contribution in [0.4, 0.5) is 23.8 Å². The molecule has 0 aliphatic carbocycles. The van der Waals surface area contributed by atoms with Gasteiger partial charge in [-0.05, 0) is 50.6 Å². The minimum absolute atomic E-state index is 0.00484. The SMILES string of the molecule is CC(C)(C)OC(=O)N(CC(=O)O)c1cccc(C(N)C(c2ccc(-c3nc(C(F)(F)F)cs3)cc2)S(=O)(=O)c2ccccn2)n1. The fourth-order valence-corrected chi connectivity index (χ4v) is 6.81. The molecule has 0 saturated heterocycles. The largest absolute Gasteiger partial charge is 0.480 e. The van der Waals surface area contributed by atoms with Crippen molar-refractivity contribution in [1.82, 2.24) is 15.0 Å². The number of aliphatic carboxylic acids is 1. The molecule has 16 heteroatoms. The van der Waals surface area contributed by atoms with Crippen LogP contribution < -0.4 is 10.6 Å². The molecule has 0 aliphatic rings. The van der Waals surface area contributed by atoms with E-state index in [1.54, 1.807) is 20.8 Å².